The number of carbonyl (C=O) groups excluding carboxylic acids is 1. The van der Waals surface area contributed by atoms with E-state index in [-0.39, 0.29) is 5.91 Å². The summed E-state index contributed by atoms with van der Waals surface area (Å²) in [5.41, 5.74) is 2.38. The summed E-state index contributed by atoms with van der Waals surface area (Å²) in [6, 6.07) is 8.28. The Balaban J connectivity index is 2.61. The number of aryl methyl sites for hydroxylation is 1. The van der Waals surface area contributed by atoms with Crippen LogP contribution in [0.15, 0.2) is 24.3 Å². The quantitative estimate of drug-likeness (QED) is 0.821. The van der Waals surface area contributed by atoms with Crippen LogP contribution in [-0.2, 0) is 11.3 Å². The highest BCUT2D eigenvalue weighted by atomic mass is 16.3. The van der Waals surface area contributed by atoms with Crippen LogP contribution < -0.4 is 0 Å². The molecule has 0 spiro atoms. The van der Waals surface area contributed by atoms with Gasteiger partial charge in [0.2, 0.25) is 5.91 Å². The SMILES string of the molecule is CCCN(Cc1ccc(C)cc1)C(=O)CCC(C)O. The lowest BCUT2D eigenvalue weighted by Crippen LogP contribution is -2.31. The van der Waals surface area contributed by atoms with Crippen molar-refractivity contribution in [2.45, 2.75) is 52.7 Å². The zero-order valence-corrected chi connectivity index (χ0v) is 12.2. The van der Waals surface area contributed by atoms with Gasteiger partial charge >= 0.3 is 0 Å². The lowest BCUT2D eigenvalue weighted by Gasteiger charge is -2.22. The molecule has 0 bridgehead atoms. The van der Waals surface area contributed by atoms with Gasteiger partial charge in [0.15, 0.2) is 0 Å². The molecule has 1 rings (SSSR count). The third-order valence-electron chi connectivity index (χ3n) is 3.12. The number of aliphatic hydroxyl groups excluding tert-OH is 1. The van der Waals surface area contributed by atoms with Crippen molar-refractivity contribution in [2.24, 2.45) is 0 Å². The molecule has 0 saturated heterocycles. The predicted octanol–water partition coefficient (Wildman–Crippen LogP) is 2.89. The summed E-state index contributed by atoms with van der Waals surface area (Å²) < 4.78 is 0. The van der Waals surface area contributed by atoms with E-state index in [1.54, 1.807) is 6.92 Å². The fraction of sp³-hybridized carbons (Fsp3) is 0.562. The van der Waals surface area contributed by atoms with Crippen molar-refractivity contribution >= 4 is 5.91 Å². The van der Waals surface area contributed by atoms with Crippen LogP contribution in [0.25, 0.3) is 0 Å². The first-order valence-corrected chi connectivity index (χ1v) is 7.04. The van der Waals surface area contributed by atoms with Crippen molar-refractivity contribution in [1.82, 2.24) is 4.90 Å². The number of nitrogens with zero attached hydrogens (tertiary/aromatic N) is 1. The van der Waals surface area contributed by atoms with Gasteiger partial charge in [0, 0.05) is 19.5 Å². The molecule has 1 amide bonds. The van der Waals surface area contributed by atoms with Gasteiger partial charge < -0.3 is 10.0 Å². The molecule has 1 N–H and O–H groups in total. The number of rotatable bonds is 7. The molecule has 0 fully saturated rings. The molecule has 0 aliphatic rings. The summed E-state index contributed by atoms with van der Waals surface area (Å²) in [7, 11) is 0. The predicted molar refractivity (Wildman–Crippen MR) is 77.8 cm³/mol. The maximum absolute atomic E-state index is 12.1. The summed E-state index contributed by atoms with van der Waals surface area (Å²) in [6.45, 7) is 7.28. The van der Waals surface area contributed by atoms with Crippen LogP contribution in [0.5, 0.6) is 0 Å². The molecule has 0 aliphatic heterocycles. The van der Waals surface area contributed by atoms with Crippen LogP contribution in [-0.4, -0.2) is 28.6 Å². The van der Waals surface area contributed by atoms with Gasteiger partial charge in [-0.15, -0.1) is 0 Å². The van der Waals surface area contributed by atoms with Crippen molar-refractivity contribution in [2.75, 3.05) is 6.54 Å². The third kappa shape index (κ3) is 5.88. The van der Waals surface area contributed by atoms with Crippen LogP contribution in [0, 0.1) is 6.92 Å². The van der Waals surface area contributed by atoms with Gasteiger partial charge in [-0.3, -0.25) is 4.79 Å². The van der Waals surface area contributed by atoms with E-state index in [0.29, 0.717) is 19.4 Å². The maximum atomic E-state index is 12.1. The van der Waals surface area contributed by atoms with Crippen LogP contribution in [0.4, 0.5) is 0 Å². The Morgan fingerprint density at radius 2 is 1.95 bits per heavy atom. The number of benzene rings is 1. The van der Waals surface area contributed by atoms with E-state index in [9.17, 15) is 9.90 Å². The van der Waals surface area contributed by atoms with Crippen LogP contribution in [0.1, 0.15) is 44.2 Å². The fourth-order valence-corrected chi connectivity index (χ4v) is 1.97. The maximum Gasteiger partial charge on any atom is 0.222 e. The minimum atomic E-state index is -0.410. The second kappa shape index (κ2) is 7.95. The highest BCUT2D eigenvalue weighted by Gasteiger charge is 2.13. The molecule has 0 aliphatic carbocycles. The second-order valence-corrected chi connectivity index (χ2v) is 5.19. The Morgan fingerprint density at radius 1 is 1.32 bits per heavy atom. The average molecular weight is 263 g/mol. The van der Waals surface area contributed by atoms with Crippen LogP contribution >= 0.6 is 0 Å². The van der Waals surface area contributed by atoms with Gasteiger partial charge in [0.05, 0.1) is 6.10 Å². The minimum absolute atomic E-state index is 0.128. The van der Waals surface area contributed by atoms with Gasteiger partial charge in [-0.1, -0.05) is 36.8 Å². The topological polar surface area (TPSA) is 40.5 Å². The van der Waals surface area contributed by atoms with E-state index in [4.69, 9.17) is 0 Å². The van der Waals surface area contributed by atoms with Crippen molar-refractivity contribution < 1.29 is 9.90 Å². The van der Waals surface area contributed by atoms with E-state index in [2.05, 4.69) is 38.1 Å². The number of hydrogen-bond acceptors (Lipinski definition) is 2. The zero-order valence-electron chi connectivity index (χ0n) is 12.2. The standard InChI is InChI=1S/C16H25NO2/c1-4-11-17(16(19)10-7-14(3)18)12-15-8-5-13(2)6-9-15/h5-6,8-9,14,18H,4,7,10-12H2,1-3H3. The van der Waals surface area contributed by atoms with Crippen LogP contribution in [0.2, 0.25) is 0 Å². The van der Waals surface area contributed by atoms with Gasteiger partial charge in [0.1, 0.15) is 0 Å². The molecule has 1 unspecified atom stereocenters. The normalized spacial score (nSPS) is 12.2. The molecule has 1 aromatic carbocycles. The summed E-state index contributed by atoms with van der Waals surface area (Å²) in [4.78, 5) is 14.0. The highest BCUT2D eigenvalue weighted by molar-refractivity contribution is 5.76. The largest absolute Gasteiger partial charge is 0.393 e. The summed E-state index contributed by atoms with van der Waals surface area (Å²) in [5, 5.41) is 9.26. The van der Waals surface area contributed by atoms with Gasteiger partial charge in [-0.05, 0) is 32.3 Å². The number of carbonyl (C=O) groups is 1. The number of hydrogen-bond donors (Lipinski definition) is 1. The molecule has 106 valence electrons. The molecule has 0 radical (unpaired) electrons. The minimum Gasteiger partial charge on any atom is -0.393 e. The van der Waals surface area contributed by atoms with Crippen LogP contribution in [0.3, 0.4) is 0 Å². The summed E-state index contributed by atoms with van der Waals surface area (Å²) in [5.74, 6) is 0.128. The molecular formula is C16H25NO2. The lowest BCUT2D eigenvalue weighted by molar-refractivity contribution is -0.132. The molecule has 19 heavy (non-hydrogen) atoms. The van der Waals surface area contributed by atoms with Gasteiger partial charge in [-0.25, -0.2) is 0 Å². The Bertz CT molecular complexity index is 384. The molecule has 0 heterocycles. The number of amides is 1. The van der Waals surface area contributed by atoms with Crippen molar-refractivity contribution in [1.29, 1.82) is 0 Å². The van der Waals surface area contributed by atoms with Gasteiger partial charge in [0.25, 0.3) is 0 Å². The van der Waals surface area contributed by atoms with E-state index >= 15 is 0 Å². The fourth-order valence-electron chi connectivity index (χ4n) is 1.97. The Labute approximate surface area is 116 Å². The molecule has 0 aromatic heterocycles. The van der Waals surface area contributed by atoms with E-state index in [0.717, 1.165) is 18.5 Å². The van der Waals surface area contributed by atoms with Crippen molar-refractivity contribution in [3.05, 3.63) is 35.4 Å². The second-order valence-electron chi connectivity index (χ2n) is 5.19. The highest BCUT2D eigenvalue weighted by Crippen LogP contribution is 2.10. The van der Waals surface area contributed by atoms with E-state index < -0.39 is 6.10 Å². The van der Waals surface area contributed by atoms with Crippen molar-refractivity contribution in [3.8, 4) is 0 Å². The third-order valence-corrected chi connectivity index (χ3v) is 3.12. The first kappa shape index (κ1) is 15.7. The zero-order chi connectivity index (χ0) is 14.3. The first-order valence-electron chi connectivity index (χ1n) is 7.04. The molecule has 3 heteroatoms. The summed E-state index contributed by atoms with van der Waals surface area (Å²) >= 11 is 0. The average Bonchev–Trinajstić information content (AvgIpc) is 2.38. The Hall–Kier alpha value is -1.35. The van der Waals surface area contributed by atoms with Crippen molar-refractivity contribution in [3.63, 3.8) is 0 Å². The molecule has 1 atom stereocenters. The number of aliphatic hydroxyl groups is 1. The first-order chi connectivity index (χ1) is 9.02. The lowest BCUT2D eigenvalue weighted by atomic mass is 10.1. The summed E-state index contributed by atoms with van der Waals surface area (Å²) in [6.07, 6.45) is 1.50. The molecular weight excluding hydrogens is 238 g/mol. The van der Waals surface area contributed by atoms with E-state index in [1.807, 2.05) is 4.90 Å². The Kier molecular flexibility index (Phi) is 6.57. The smallest absolute Gasteiger partial charge is 0.222 e. The Morgan fingerprint density at radius 3 is 2.47 bits per heavy atom. The molecule has 3 nitrogen and oxygen atoms in total. The molecule has 0 saturated carbocycles. The monoisotopic (exact) mass is 263 g/mol. The van der Waals surface area contributed by atoms with Gasteiger partial charge in [-0.2, -0.15) is 0 Å². The molecule has 1 aromatic rings. The van der Waals surface area contributed by atoms with E-state index in [1.165, 1.54) is 5.56 Å².